The highest BCUT2D eigenvalue weighted by Gasteiger charge is 2.36. The van der Waals surface area contributed by atoms with Gasteiger partial charge in [-0.1, -0.05) is 39.4 Å². The first-order valence-corrected chi connectivity index (χ1v) is 8.19. The van der Waals surface area contributed by atoms with Crippen LogP contribution in [-0.4, -0.2) is 20.2 Å². The van der Waals surface area contributed by atoms with E-state index in [4.69, 9.17) is 0 Å². The van der Waals surface area contributed by atoms with Crippen LogP contribution in [0.2, 0.25) is 19.6 Å². The minimum Gasteiger partial charge on any atom is -0.297 e. The van der Waals surface area contributed by atoms with Crippen molar-refractivity contribution in [2.24, 2.45) is 5.92 Å². The van der Waals surface area contributed by atoms with Crippen LogP contribution in [-0.2, 0) is 0 Å². The third-order valence-electron chi connectivity index (χ3n) is 1.94. The van der Waals surface area contributed by atoms with Gasteiger partial charge in [-0.3, -0.25) is 5.32 Å². The van der Waals surface area contributed by atoms with Gasteiger partial charge in [0.15, 0.2) is 0 Å². The van der Waals surface area contributed by atoms with Crippen LogP contribution in [0.15, 0.2) is 0 Å². The van der Waals surface area contributed by atoms with E-state index in [9.17, 15) is 0 Å². The predicted molar refractivity (Wildman–Crippen MR) is 56.7 cm³/mol. The van der Waals surface area contributed by atoms with Gasteiger partial charge in [-0.25, -0.2) is 0 Å². The van der Waals surface area contributed by atoms with Gasteiger partial charge >= 0.3 is 0 Å². The minimum atomic E-state index is -1.15. The summed E-state index contributed by atoms with van der Waals surface area (Å²) in [6, 6.07) is 1.16. The Morgan fingerprint density at radius 2 is 1.83 bits per heavy atom. The van der Waals surface area contributed by atoms with Gasteiger partial charge in [-0.2, -0.15) is 0 Å². The van der Waals surface area contributed by atoms with Gasteiger partial charge in [0, 0.05) is 6.04 Å². The van der Waals surface area contributed by atoms with Crippen LogP contribution < -0.4 is 5.32 Å². The molecule has 0 aromatic heterocycles. The first-order chi connectivity index (χ1) is 5.40. The van der Waals surface area contributed by atoms with E-state index in [0.29, 0.717) is 12.1 Å². The number of hydrogen-bond acceptors (Lipinski definition) is 1. The van der Waals surface area contributed by atoms with E-state index in [1.807, 2.05) is 0 Å². The molecular formula is C10H19NSi. The first kappa shape index (κ1) is 9.82. The van der Waals surface area contributed by atoms with E-state index in [-0.39, 0.29) is 0 Å². The standard InChI is InChI=1S/C10H19NSi/c1-8(2)10-9(11-10)6-7-12(3,4)5/h8-11H,1-5H3/t9-,10-/m0/s1. The summed E-state index contributed by atoms with van der Waals surface area (Å²) in [4.78, 5) is 0. The van der Waals surface area contributed by atoms with Gasteiger partial charge in [-0.15, -0.1) is 5.54 Å². The van der Waals surface area contributed by atoms with Crippen LogP contribution in [0.25, 0.3) is 0 Å². The predicted octanol–water partition coefficient (Wildman–Crippen LogP) is 1.86. The molecule has 1 N–H and O–H groups in total. The molecule has 1 aliphatic heterocycles. The molecule has 1 saturated heterocycles. The molecule has 1 fully saturated rings. The molecule has 0 amide bonds. The summed E-state index contributed by atoms with van der Waals surface area (Å²) < 4.78 is 0. The molecule has 12 heavy (non-hydrogen) atoms. The quantitative estimate of drug-likeness (QED) is 0.372. The van der Waals surface area contributed by atoms with E-state index in [1.54, 1.807) is 0 Å². The van der Waals surface area contributed by atoms with E-state index in [2.05, 4.69) is 50.3 Å². The molecule has 0 radical (unpaired) electrons. The average molecular weight is 181 g/mol. The fourth-order valence-corrected chi connectivity index (χ4v) is 1.74. The third kappa shape index (κ3) is 3.00. The van der Waals surface area contributed by atoms with Crippen LogP contribution in [0.4, 0.5) is 0 Å². The van der Waals surface area contributed by atoms with Gasteiger partial charge in [0.25, 0.3) is 0 Å². The summed E-state index contributed by atoms with van der Waals surface area (Å²) in [6.07, 6.45) is 0. The van der Waals surface area contributed by atoms with E-state index in [0.717, 1.165) is 5.92 Å². The normalized spacial score (nSPS) is 28.2. The highest BCUT2D eigenvalue weighted by atomic mass is 28.3. The van der Waals surface area contributed by atoms with Gasteiger partial charge in [0.05, 0.1) is 6.04 Å². The number of nitrogens with one attached hydrogen (secondary N) is 1. The van der Waals surface area contributed by atoms with E-state index >= 15 is 0 Å². The molecule has 1 heterocycles. The van der Waals surface area contributed by atoms with Crippen LogP contribution in [0.3, 0.4) is 0 Å². The van der Waals surface area contributed by atoms with Crippen molar-refractivity contribution in [2.75, 3.05) is 0 Å². The van der Waals surface area contributed by atoms with Crippen LogP contribution in [0, 0.1) is 17.4 Å². The van der Waals surface area contributed by atoms with Crippen molar-refractivity contribution in [2.45, 2.75) is 45.6 Å². The van der Waals surface area contributed by atoms with Crippen LogP contribution in [0.1, 0.15) is 13.8 Å². The Balaban J connectivity index is 2.40. The fourth-order valence-electron chi connectivity index (χ4n) is 1.15. The maximum absolute atomic E-state index is 3.40. The largest absolute Gasteiger partial charge is 0.297 e. The summed E-state index contributed by atoms with van der Waals surface area (Å²) in [5, 5.41) is 3.39. The molecule has 0 bridgehead atoms. The third-order valence-corrected chi connectivity index (χ3v) is 2.84. The SMILES string of the molecule is CC(C)[C@@H]1N[C@H]1C#C[Si](C)(C)C. The van der Waals surface area contributed by atoms with Gasteiger partial charge in [0.1, 0.15) is 8.07 Å². The van der Waals surface area contributed by atoms with E-state index < -0.39 is 8.07 Å². The zero-order valence-electron chi connectivity index (χ0n) is 8.73. The Hall–Kier alpha value is -0.263. The first-order valence-electron chi connectivity index (χ1n) is 4.69. The molecule has 68 valence electrons. The second-order valence-corrected chi connectivity index (χ2v) is 9.68. The molecule has 0 aromatic rings. The summed E-state index contributed by atoms with van der Waals surface area (Å²) in [5.41, 5.74) is 3.40. The lowest BCUT2D eigenvalue weighted by Crippen LogP contribution is -2.17. The lowest BCUT2D eigenvalue weighted by molar-refractivity contribution is 0.627. The highest BCUT2D eigenvalue weighted by Crippen LogP contribution is 2.18. The van der Waals surface area contributed by atoms with Crippen molar-refractivity contribution in [3.63, 3.8) is 0 Å². The molecule has 2 heteroatoms. The van der Waals surface area contributed by atoms with Crippen molar-refractivity contribution in [3.05, 3.63) is 0 Å². The molecule has 0 aromatic carbocycles. The molecule has 2 atom stereocenters. The molecule has 0 spiro atoms. The number of rotatable bonds is 1. The zero-order chi connectivity index (χ0) is 9.35. The molecule has 0 saturated carbocycles. The van der Waals surface area contributed by atoms with E-state index in [1.165, 1.54) is 0 Å². The van der Waals surface area contributed by atoms with Crippen molar-refractivity contribution in [1.82, 2.24) is 5.32 Å². The van der Waals surface area contributed by atoms with Crippen LogP contribution in [0.5, 0.6) is 0 Å². The lowest BCUT2D eigenvalue weighted by atomic mass is 10.1. The Labute approximate surface area is 76.9 Å². The fraction of sp³-hybridized carbons (Fsp3) is 0.800. The Morgan fingerprint density at radius 1 is 1.25 bits per heavy atom. The summed E-state index contributed by atoms with van der Waals surface area (Å²) in [6.45, 7) is 11.3. The van der Waals surface area contributed by atoms with Crippen LogP contribution >= 0.6 is 0 Å². The maximum atomic E-state index is 3.40. The summed E-state index contributed by atoms with van der Waals surface area (Å²) >= 11 is 0. The minimum absolute atomic E-state index is 0.497. The van der Waals surface area contributed by atoms with Crippen molar-refractivity contribution < 1.29 is 0 Å². The smallest absolute Gasteiger partial charge is 0.129 e. The lowest BCUT2D eigenvalue weighted by Gasteiger charge is -2.03. The van der Waals surface area contributed by atoms with Crippen molar-refractivity contribution >= 4 is 8.07 Å². The molecule has 0 aliphatic carbocycles. The topological polar surface area (TPSA) is 21.9 Å². The zero-order valence-corrected chi connectivity index (χ0v) is 9.73. The van der Waals surface area contributed by atoms with Gasteiger partial charge in [-0.05, 0) is 5.92 Å². The molecular weight excluding hydrogens is 162 g/mol. The molecule has 1 rings (SSSR count). The average Bonchev–Trinajstić information content (AvgIpc) is 2.59. The Kier molecular flexibility index (Phi) is 2.65. The van der Waals surface area contributed by atoms with Gasteiger partial charge < -0.3 is 0 Å². The second kappa shape index (κ2) is 3.24. The molecule has 1 nitrogen and oxygen atoms in total. The number of hydrogen-bond donors (Lipinski definition) is 1. The van der Waals surface area contributed by atoms with Crippen molar-refractivity contribution in [3.8, 4) is 11.5 Å². The summed E-state index contributed by atoms with van der Waals surface area (Å²) in [7, 11) is -1.15. The molecule has 1 aliphatic rings. The Morgan fingerprint density at radius 3 is 2.17 bits per heavy atom. The highest BCUT2D eigenvalue weighted by molar-refractivity contribution is 6.83. The van der Waals surface area contributed by atoms with Crippen molar-refractivity contribution in [1.29, 1.82) is 0 Å². The Bertz CT molecular complexity index is 216. The maximum Gasteiger partial charge on any atom is 0.129 e. The molecule has 0 unspecified atom stereocenters. The summed E-state index contributed by atoms with van der Waals surface area (Å²) in [5.74, 6) is 4.06. The monoisotopic (exact) mass is 181 g/mol. The second-order valence-electron chi connectivity index (χ2n) is 4.93. The van der Waals surface area contributed by atoms with Gasteiger partial charge in [0.2, 0.25) is 0 Å².